The van der Waals surface area contributed by atoms with Crippen molar-refractivity contribution in [3.05, 3.63) is 57.9 Å². The molecular formula is C31H34N2O7. The highest BCUT2D eigenvalue weighted by atomic mass is 16.3. The fourth-order valence-corrected chi connectivity index (χ4v) is 7.37. The molecule has 4 aliphatic rings. The van der Waals surface area contributed by atoms with Crippen molar-refractivity contribution in [2.24, 2.45) is 23.5 Å². The van der Waals surface area contributed by atoms with Crippen molar-refractivity contribution < 1.29 is 34.8 Å². The minimum atomic E-state index is -2.63. The summed E-state index contributed by atoms with van der Waals surface area (Å²) in [7, 11) is 3.16. The molecule has 0 saturated heterocycles. The molecule has 2 aromatic rings. The van der Waals surface area contributed by atoms with E-state index < -0.39 is 58.0 Å². The number of hydrogen-bond donors (Lipinski definition) is 5. The van der Waals surface area contributed by atoms with Crippen LogP contribution in [0.4, 0.5) is 0 Å². The van der Waals surface area contributed by atoms with Gasteiger partial charge in [0.05, 0.1) is 11.6 Å². The number of carbonyl (C=O) groups is 3. The number of phenolic OH excluding ortho intramolecular Hbond substituents is 1. The van der Waals surface area contributed by atoms with Gasteiger partial charge < -0.3 is 26.2 Å². The van der Waals surface area contributed by atoms with Gasteiger partial charge in [0.15, 0.2) is 11.4 Å². The molecule has 2 aromatic carbocycles. The van der Waals surface area contributed by atoms with Gasteiger partial charge in [-0.25, -0.2) is 0 Å². The van der Waals surface area contributed by atoms with Gasteiger partial charge >= 0.3 is 0 Å². The molecule has 0 radical (unpaired) electrons. The highest BCUT2D eigenvalue weighted by Crippen LogP contribution is 2.53. The van der Waals surface area contributed by atoms with Crippen molar-refractivity contribution >= 4 is 34.0 Å². The number of aliphatic hydroxyl groups excluding tert-OH is 2. The monoisotopic (exact) mass is 546 g/mol. The van der Waals surface area contributed by atoms with Crippen molar-refractivity contribution in [3.8, 4) is 5.75 Å². The van der Waals surface area contributed by atoms with E-state index in [1.165, 1.54) is 24.2 Å². The lowest BCUT2D eigenvalue weighted by atomic mass is 9.57. The number of nitrogens with two attached hydrogens (primary N) is 1. The summed E-state index contributed by atoms with van der Waals surface area (Å²) < 4.78 is 0. The summed E-state index contributed by atoms with van der Waals surface area (Å²) in [5.41, 5.74) is 3.65. The fourth-order valence-electron chi connectivity index (χ4n) is 7.37. The van der Waals surface area contributed by atoms with Crippen molar-refractivity contribution in [3.63, 3.8) is 0 Å². The molecule has 1 amide bonds. The normalized spacial score (nSPS) is 28.4. The summed E-state index contributed by atoms with van der Waals surface area (Å²) in [5.74, 6) is -5.62. The number of rotatable bonds is 5. The Morgan fingerprint density at radius 2 is 1.85 bits per heavy atom. The van der Waals surface area contributed by atoms with Crippen LogP contribution in [-0.4, -0.2) is 68.5 Å². The smallest absolute Gasteiger partial charge is 0.255 e. The van der Waals surface area contributed by atoms with Gasteiger partial charge in [0.2, 0.25) is 5.78 Å². The number of aliphatic hydroxyl groups is 3. The standard InChI is InChI=1S/C31H34N2O7/c1-33(2)24-20-13-18-12-17-11-16-9-8-15(7-6-14-4-3-5-14)10-19(16)25(34)21(17)26(35)22(18)28(37)31(20,40)29(38)23(27(24)36)30(32)39/h8-11,14,18,20,24,34-35,38,40H,3-7,12-13H2,1-2H3,(H2,32,39)/t18-,20-,24-,31-/m0/s1. The van der Waals surface area contributed by atoms with Crippen molar-refractivity contribution in [1.29, 1.82) is 0 Å². The van der Waals surface area contributed by atoms with Gasteiger partial charge in [0.1, 0.15) is 22.8 Å². The molecule has 210 valence electrons. The molecule has 9 nitrogen and oxygen atoms in total. The Bertz CT molecular complexity index is 1550. The third-order valence-electron chi connectivity index (χ3n) is 9.66. The Morgan fingerprint density at radius 3 is 2.48 bits per heavy atom. The number of primary amides is 1. The van der Waals surface area contributed by atoms with Crippen molar-refractivity contribution in [1.82, 2.24) is 4.90 Å². The quantitative estimate of drug-likeness (QED) is 0.358. The number of hydrogen-bond acceptors (Lipinski definition) is 8. The molecule has 0 aliphatic heterocycles. The average molecular weight is 547 g/mol. The summed E-state index contributed by atoms with van der Waals surface area (Å²) in [4.78, 5) is 40.8. The van der Waals surface area contributed by atoms with Crippen molar-refractivity contribution in [2.45, 2.75) is 56.6 Å². The lowest BCUT2D eigenvalue weighted by Gasteiger charge is -2.50. The molecule has 4 aliphatic carbocycles. The first kappa shape index (κ1) is 26.5. The molecule has 0 heterocycles. The van der Waals surface area contributed by atoms with Crippen LogP contribution in [0.25, 0.3) is 16.5 Å². The fraction of sp³-hybridized carbons (Fsp3) is 0.452. The van der Waals surface area contributed by atoms with E-state index in [4.69, 9.17) is 5.73 Å². The SMILES string of the molecule is CN(C)[C@@H]1C(=O)C(C(N)=O)=C(O)[C@@]2(O)C(=O)C3=C(O)c4c(cc5ccc(CCC6CCC6)cc5c4O)C[C@H]3C[C@@H]12. The number of amides is 1. The first-order chi connectivity index (χ1) is 18.9. The Labute approximate surface area is 231 Å². The number of ketones is 2. The summed E-state index contributed by atoms with van der Waals surface area (Å²) in [6.07, 6.45) is 6.12. The first-order valence-corrected chi connectivity index (χ1v) is 13.9. The van der Waals surface area contributed by atoms with E-state index in [-0.39, 0.29) is 29.7 Å². The van der Waals surface area contributed by atoms with E-state index in [9.17, 15) is 34.8 Å². The van der Waals surface area contributed by atoms with E-state index in [0.29, 0.717) is 10.9 Å². The zero-order valence-corrected chi connectivity index (χ0v) is 22.6. The highest BCUT2D eigenvalue weighted by Gasteiger charge is 2.64. The average Bonchev–Trinajstić information content (AvgIpc) is 2.85. The maximum absolute atomic E-state index is 14.0. The van der Waals surface area contributed by atoms with Crippen LogP contribution in [0.5, 0.6) is 5.75 Å². The molecule has 0 spiro atoms. The molecule has 0 aromatic heterocycles. The molecule has 2 saturated carbocycles. The van der Waals surface area contributed by atoms with E-state index in [1.54, 1.807) is 14.1 Å². The van der Waals surface area contributed by atoms with Gasteiger partial charge in [0.25, 0.3) is 5.91 Å². The largest absolute Gasteiger partial charge is 0.508 e. The van der Waals surface area contributed by atoms with Crippen LogP contribution in [0.15, 0.2) is 41.2 Å². The summed E-state index contributed by atoms with van der Waals surface area (Å²) in [6.45, 7) is 0. The van der Waals surface area contributed by atoms with Gasteiger partial charge in [-0.3, -0.25) is 19.3 Å². The number of likely N-dealkylation sites (N-methyl/N-ethyl adjacent to an activating group) is 1. The molecule has 9 heteroatoms. The Kier molecular flexibility index (Phi) is 6.08. The van der Waals surface area contributed by atoms with Crippen LogP contribution in [-0.2, 0) is 27.2 Å². The van der Waals surface area contributed by atoms with Gasteiger partial charge in [-0.15, -0.1) is 0 Å². The number of Topliss-reactive ketones (excluding diaryl/α,β-unsaturated/α-hetero) is 2. The number of nitrogens with zero attached hydrogens (tertiary/aromatic N) is 1. The summed E-state index contributed by atoms with van der Waals surface area (Å²) >= 11 is 0. The van der Waals surface area contributed by atoms with Crippen LogP contribution in [0.3, 0.4) is 0 Å². The number of fused-ring (bicyclic) bond motifs is 4. The lowest BCUT2D eigenvalue weighted by molar-refractivity contribution is -0.153. The van der Waals surface area contributed by atoms with E-state index in [2.05, 4.69) is 6.07 Å². The first-order valence-electron chi connectivity index (χ1n) is 13.9. The van der Waals surface area contributed by atoms with Crippen LogP contribution in [0.1, 0.15) is 48.8 Å². The Morgan fingerprint density at radius 1 is 1.12 bits per heavy atom. The number of carbonyl (C=O) groups excluding carboxylic acids is 3. The Hall–Kier alpha value is -3.69. The summed E-state index contributed by atoms with van der Waals surface area (Å²) in [5, 5.41) is 46.9. The lowest BCUT2D eigenvalue weighted by Crippen LogP contribution is -2.65. The second-order valence-corrected chi connectivity index (χ2v) is 12.1. The number of benzene rings is 2. The number of aromatic hydroxyl groups is 1. The Balaban J connectivity index is 1.47. The minimum Gasteiger partial charge on any atom is -0.508 e. The van der Waals surface area contributed by atoms with Gasteiger partial charge in [-0.1, -0.05) is 37.5 Å². The van der Waals surface area contributed by atoms with E-state index in [1.807, 2.05) is 18.2 Å². The second kappa shape index (κ2) is 9.17. The highest BCUT2D eigenvalue weighted by molar-refractivity contribution is 6.24. The van der Waals surface area contributed by atoms with Crippen LogP contribution >= 0.6 is 0 Å². The predicted octanol–water partition coefficient (Wildman–Crippen LogP) is 2.85. The number of aryl methyl sites for hydroxylation is 1. The van der Waals surface area contributed by atoms with E-state index in [0.717, 1.165) is 29.7 Å². The predicted molar refractivity (Wildman–Crippen MR) is 147 cm³/mol. The molecular weight excluding hydrogens is 512 g/mol. The topological polar surface area (TPSA) is 161 Å². The third-order valence-corrected chi connectivity index (χ3v) is 9.66. The van der Waals surface area contributed by atoms with Crippen LogP contribution in [0, 0.1) is 17.8 Å². The third kappa shape index (κ3) is 3.64. The van der Waals surface area contributed by atoms with Gasteiger partial charge in [-0.2, -0.15) is 0 Å². The molecule has 40 heavy (non-hydrogen) atoms. The molecule has 0 unspecified atom stereocenters. The molecule has 4 atom stereocenters. The molecule has 6 N–H and O–H groups in total. The number of phenols is 1. The minimum absolute atomic E-state index is 0.0741. The summed E-state index contributed by atoms with van der Waals surface area (Å²) in [6, 6.07) is 6.74. The second-order valence-electron chi connectivity index (χ2n) is 12.1. The van der Waals surface area contributed by atoms with Crippen molar-refractivity contribution in [2.75, 3.05) is 14.1 Å². The zero-order chi connectivity index (χ0) is 28.7. The maximum atomic E-state index is 14.0. The molecule has 0 bridgehead atoms. The molecule has 6 rings (SSSR count). The van der Waals surface area contributed by atoms with Crippen LogP contribution in [0.2, 0.25) is 0 Å². The van der Waals surface area contributed by atoms with E-state index >= 15 is 0 Å². The van der Waals surface area contributed by atoms with Gasteiger partial charge in [-0.05, 0) is 74.2 Å². The zero-order valence-electron chi connectivity index (χ0n) is 22.6. The molecule has 2 fully saturated rings. The van der Waals surface area contributed by atoms with Gasteiger partial charge in [0, 0.05) is 16.9 Å². The van der Waals surface area contributed by atoms with Crippen LogP contribution < -0.4 is 5.73 Å². The maximum Gasteiger partial charge on any atom is 0.255 e.